The summed E-state index contributed by atoms with van der Waals surface area (Å²) in [5, 5.41) is 3.10. The van der Waals surface area contributed by atoms with Gasteiger partial charge in [-0.25, -0.2) is 4.79 Å². The summed E-state index contributed by atoms with van der Waals surface area (Å²) < 4.78 is 5.43. The number of carbonyl (C=O) groups is 1. The number of morpholine rings is 1. The molecule has 2 fully saturated rings. The highest BCUT2D eigenvalue weighted by Crippen LogP contribution is 2.30. The van der Waals surface area contributed by atoms with Gasteiger partial charge in [-0.15, -0.1) is 0 Å². The van der Waals surface area contributed by atoms with Crippen molar-refractivity contribution in [3.8, 4) is 0 Å². The van der Waals surface area contributed by atoms with Crippen molar-refractivity contribution in [2.75, 3.05) is 81.2 Å². The molecule has 32 heavy (non-hydrogen) atoms. The summed E-state index contributed by atoms with van der Waals surface area (Å²) in [5.41, 5.74) is 5.99. The molecule has 2 aromatic rings. The van der Waals surface area contributed by atoms with E-state index in [1.807, 2.05) is 17.0 Å². The van der Waals surface area contributed by atoms with E-state index in [1.165, 1.54) is 22.5 Å². The highest BCUT2D eigenvalue weighted by atomic mass is 16.5. The van der Waals surface area contributed by atoms with Crippen LogP contribution < -0.4 is 15.1 Å². The van der Waals surface area contributed by atoms with Crippen molar-refractivity contribution in [3.63, 3.8) is 0 Å². The minimum atomic E-state index is -0.0250. The zero-order chi connectivity index (χ0) is 21.9. The maximum absolute atomic E-state index is 13.1. The summed E-state index contributed by atoms with van der Waals surface area (Å²) in [5.74, 6) is 0. The van der Waals surface area contributed by atoms with E-state index >= 15 is 0 Å². The summed E-state index contributed by atoms with van der Waals surface area (Å²) in [6.07, 6.45) is 0.903. The molecule has 170 valence electrons. The van der Waals surface area contributed by atoms with E-state index in [1.54, 1.807) is 0 Å². The number of nitrogens with zero attached hydrogens (tertiary/aromatic N) is 4. The summed E-state index contributed by atoms with van der Waals surface area (Å²) in [4.78, 5) is 22.2. The van der Waals surface area contributed by atoms with Crippen molar-refractivity contribution in [2.45, 2.75) is 13.0 Å². The molecule has 7 nitrogen and oxygen atoms in total. The number of benzene rings is 2. The van der Waals surface area contributed by atoms with Crippen LogP contribution in [0.2, 0.25) is 0 Å². The Balaban J connectivity index is 1.25. The molecule has 0 spiro atoms. The Morgan fingerprint density at radius 2 is 1.62 bits per heavy atom. The molecule has 0 radical (unpaired) electrons. The van der Waals surface area contributed by atoms with Crippen LogP contribution in [0.4, 0.5) is 21.9 Å². The zero-order valence-electron chi connectivity index (χ0n) is 18.9. The standard InChI is InChI=1S/C25H33N5O2/c1-27-11-13-29(14-12-27)24-4-2-3-20-9-10-30(19-23(20)24)25(31)26-21-5-7-22(8-6-21)28-15-17-32-18-16-28/h2-8H,9-19H2,1H3,(H,26,31). The molecule has 0 aromatic heterocycles. The average Bonchev–Trinajstić information content (AvgIpc) is 2.85. The number of hydrogen-bond acceptors (Lipinski definition) is 5. The molecule has 0 bridgehead atoms. The second-order valence-electron chi connectivity index (χ2n) is 8.95. The number of rotatable bonds is 3. The van der Waals surface area contributed by atoms with E-state index in [4.69, 9.17) is 4.74 Å². The highest BCUT2D eigenvalue weighted by molar-refractivity contribution is 5.90. The number of ether oxygens (including phenoxy) is 1. The van der Waals surface area contributed by atoms with Crippen molar-refractivity contribution in [1.29, 1.82) is 0 Å². The van der Waals surface area contributed by atoms with Crippen LogP contribution in [0.3, 0.4) is 0 Å². The predicted octanol–water partition coefficient (Wildman–Crippen LogP) is 2.87. The largest absolute Gasteiger partial charge is 0.378 e. The van der Waals surface area contributed by atoms with Gasteiger partial charge in [-0.05, 0) is 54.9 Å². The summed E-state index contributed by atoms with van der Waals surface area (Å²) >= 11 is 0. The van der Waals surface area contributed by atoms with Gasteiger partial charge in [0.05, 0.1) is 13.2 Å². The van der Waals surface area contributed by atoms with E-state index in [2.05, 4.69) is 57.4 Å². The number of nitrogens with one attached hydrogen (secondary N) is 1. The minimum absolute atomic E-state index is 0.0250. The second-order valence-corrected chi connectivity index (χ2v) is 8.95. The number of likely N-dealkylation sites (N-methyl/N-ethyl adjacent to an activating group) is 1. The Bertz CT molecular complexity index is 934. The van der Waals surface area contributed by atoms with Gasteiger partial charge in [0.2, 0.25) is 0 Å². The molecule has 0 atom stereocenters. The van der Waals surface area contributed by atoms with E-state index in [0.29, 0.717) is 6.54 Å². The van der Waals surface area contributed by atoms with Gasteiger partial charge in [0.1, 0.15) is 0 Å². The number of anilines is 3. The first kappa shape index (κ1) is 21.1. The molecule has 3 aliphatic heterocycles. The van der Waals surface area contributed by atoms with E-state index in [9.17, 15) is 4.79 Å². The number of hydrogen-bond donors (Lipinski definition) is 1. The topological polar surface area (TPSA) is 51.3 Å². The van der Waals surface area contributed by atoms with Crippen molar-refractivity contribution in [3.05, 3.63) is 53.6 Å². The van der Waals surface area contributed by atoms with Crippen LogP contribution in [0.5, 0.6) is 0 Å². The second kappa shape index (κ2) is 9.38. The number of carbonyl (C=O) groups excluding carboxylic acids is 1. The molecular formula is C25H33N5O2. The van der Waals surface area contributed by atoms with E-state index in [-0.39, 0.29) is 6.03 Å². The molecule has 0 unspecified atom stereocenters. The van der Waals surface area contributed by atoms with Crippen molar-refractivity contribution in [2.24, 2.45) is 0 Å². The molecule has 3 heterocycles. The quantitative estimate of drug-likeness (QED) is 0.804. The van der Waals surface area contributed by atoms with Gasteiger partial charge in [-0.2, -0.15) is 0 Å². The van der Waals surface area contributed by atoms with Gasteiger partial charge in [0, 0.05) is 69.4 Å². The third-order valence-corrected chi connectivity index (χ3v) is 6.87. The number of piperazine rings is 1. The molecule has 2 amide bonds. The van der Waals surface area contributed by atoms with E-state index < -0.39 is 0 Å². The fraction of sp³-hybridized carbons (Fsp3) is 0.480. The monoisotopic (exact) mass is 435 g/mol. The molecule has 5 rings (SSSR count). The van der Waals surface area contributed by atoms with Crippen LogP contribution in [0.15, 0.2) is 42.5 Å². The third-order valence-electron chi connectivity index (χ3n) is 6.87. The van der Waals surface area contributed by atoms with Crippen molar-refractivity contribution in [1.82, 2.24) is 9.80 Å². The molecule has 3 aliphatic rings. The first-order valence-electron chi connectivity index (χ1n) is 11.7. The molecule has 7 heteroatoms. The van der Waals surface area contributed by atoms with Crippen LogP contribution >= 0.6 is 0 Å². The van der Waals surface area contributed by atoms with Crippen LogP contribution in [-0.4, -0.2) is 81.9 Å². The van der Waals surface area contributed by atoms with E-state index in [0.717, 1.165) is 71.1 Å². The van der Waals surface area contributed by atoms with Crippen molar-refractivity contribution >= 4 is 23.1 Å². The summed E-state index contributed by atoms with van der Waals surface area (Å²) in [6.45, 7) is 9.00. The molecule has 2 saturated heterocycles. The molecule has 2 aromatic carbocycles. The molecule has 0 aliphatic carbocycles. The predicted molar refractivity (Wildman–Crippen MR) is 129 cm³/mol. The first-order valence-corrected chi connectivity index (χ1v) is 11.7. The van der Waals surface area contributed by atoms with Gasteiger partial charge in [0.25, 0.3) is 0 Å². The lowest BCUT2D eigenvalue weighted by atomic mass is 9.97. The smallest absolute Gasteiger partial charge is 0.322 e. The fourth-order valence-electron chi connectivity index (χ4n) is 4.86. The molecule has 1 N–H and O–H groups in total. The molecular weight excluding hydrogens is 402 g/mol. The Kier molecular flexibility index (Phi) is 6.19. The van der Waals surface area contributed by atoms with Crippen LogP contribution in [0.1, 0.15) is 11.1 Å². The third kappa shape index (κ3) is 4.54. The SMILES string of the molecule is CN1CCN(c2cccc3c2CN(C(=O)Nc2ccc(N4CCOCC4)cc2)CC3)CC1. The van der Waals surface area contributed by atoms with Crippen LogP contribution in [0.25, 0.3) is 0 Å². The van der Waals surface area contributed by atoms with Crippen molar-refractivity contribution < 1.29 is 9.53 Å². The Morgan fingerprint density at radius 1 is 0.875 bits per heavy atom. The average molecular weight is 436 g/mol. The van der Waals surface area contributed by atoms with Gasteiger partial charge in [-0.3, -0.25) is 0 Å². The Morgan fingerprint density at radius 3 is 2.38 bits per heavy atom. The lowest BCUT2D eigenvalue weighted by Gasteiger charge is -2.38. The van der Waals surface area contributed by atoms with Crippen LogP contribution in [0, 0.1) is 0 Å². The number of fused-ring (bicyclic) bond motifs is 1. The first-order chi connectivity index (χ1) is 15.7. The Labute approximate surface area is 190 Å². The van der Waals surface area contributed by atoms with Gasteiger partial charge < -0.3 is 29.7 Å². The lowest BCUT2D eigenvalue weighted by Crippen LogP contribution is -2.45. The maximum atomic E-state index is 13.1. The van der Waals surface area contributed by atoms with Gasteiger partial charge in [0.15, 0.2) is 0 Å². The summed E-state index contributed by atoms with van der Waals surface area (Å²) in [7, 11) is 2.18. The van der Waals surface area contributed by atoms with Gasteiger partial charge in [-0.1, -0.05) is 12.1 Å². The molecule has 0 saturated carbocycles. The maximum Gasteiger partial charge on any atom is 0.322 e. The minimum Gasteiger partial charge on any atom is -0.378 e. The summed E-state index contributed by atoms with van der Waals surface area (Å²) in [6, 6.07) is 14.7. The lowest BCUT2D eigenvalue weighted by molar-refractivity contribution is 0.122. The van der Waals surface area contributed by atoms with Crippen LogP contribution in [-0.2, 0) is 17.7 Å². The zero-order valence-corrected chi connectivity index (χ0v) is 18.9. The highest BCUT2D eigenvalue weighted by Gasteiger charge is 2.25. The number of amides is 2. The number of urea groups is 1. The van der Waals surface area contributed by atoms with Gasteiger partial charge >= 0.3 is 6.03 Å². The normalized spacial score (nSPS) is 19.6. The fourth-order valence-corrected chi connectivity index (χ4v) is 4.86. The Hall–Kier alpha value is -2.77.